The van der Waals surface area contributed by atoms with Gasteiger partial charge in [-0.25, -0.2) is 13.6 Å². The second-order valence-corrected chi connectivity index (χ2v) is 6.37. The van der Waals surface area contributed by atoms with Crippen LogP contribution in [-0.2, 0) is 16.6 Å². The monoisotopic (exact) mass is 288 g/mol. The van der Waals surface area contributed by atoms with E-state index in [1.807, 2.05) is 0 Å². The van der Waals surface area contributed by atoms with Crippen molar-refractivity contribution in [2.45, 2.75) is 44.0 Å². The van der Waals surface area contributed by atoms with E-state index in [9.17, 15) is 18.5 Å². The summed E-state index contributed by atoms with van der Waals surface area (Å²) in [6.45, 7) is 2.00. The van der Waals surface area contributed by atoms with E-state index in [-0.39, 0.29) is 5.69 Å². The van der Waals surface area contributed by atoms with Crippen LogP contribution >= 0.6 is 0 Å². The molecular weight excluding hydrogens is 272 g/mol. The first kappa shape index (κ1) is 13.9. The summed E-state index contributed by atoms with van der Waals surface area (Å²) in [7, 11) is -4.15. The zero-order chi connectivity index (χ0) is 14.2. The second-order valence-electron chi connectivity index (χ2n) is 4.87. The van der Waals surface area contributed by atoms with E-state index in [0.29, 0.717) is 12.5 Å². The first-order valence-electron chi connectivity index (χ1n) is 6.05. The highest BCUT2D eigenvalue weighted by molar-refractivity contribution is 7.89. The molecule has 0 bridgehead atoms. The zero-order valence-electron chi connectivity index (χ0n) is 10.6. The summed E-state index contributed by atoms with van der Waals surface area (Å²) >= 11 is 0. The van der Waals surface area contributed by atoms with Crippen LogP contribution in [0.2, 0.25) is 0 Å². The molecule has 0 aromatic carbocycles. The van der Waals surface area contributed by atoms with Crippen molar-refractivity contribution in [2.75, 3.05) is 0 Å². The van der Waals surface area contributed by atoms with Crippen LogP contribution in [0, 0.1) is 23.0 Å². The van der Waals surface area contributed by atoms with E-state index < -0.39 is 25.7 Å². The zero-order valence-corrected chi connectivity index (χ0v) is 11.4. The summed E-state index contributed by atoms with van der Waals surface area (Å²) in [4.78, 5) is 9.60. The summed E-state index contributed by atoms with van der Waals surface area (Å²) in [5.41, 5.74) is 0.237. The highest BCUT2D eigenvalue weighted by atomic mass is 32.2. The lowest BCUT2D eigenvalue weighted by molar-refractivity contribution is -0.392. The van der Waals surface area contributed by atoms with Crippen LogP contribution in [-0.4, -0.2) is 23.1 Å². The number of rotatable bonds is 4. The van der Waals surface area contributed by atoms with Crippen molar-refractivity contribution < 1.29 is 13.3 Å². The van der Waals surface area contributed by atoms with Crippen molar-refractivity contribution in [3.8, 4) is 0 Å². The van der Waals surface area contributed by atoms with Crippen LogP contribution in [0.25, 0.3) is 0 Å². The fourth-order valence-electron chi connectivity index (χ4n) is 2.58. The maximum Gasteiger partial charge on any atom is 0.410 e. The van der Waals surface area contributed by atoms with Gasteiger partial charge in [0.25, 0.3) is 0 Å². The lowest BCUT2D eigenvalue weighted by atomic mass is 10.1. The third-order valence-electron chi connectivity index (χ3n) is 3.50. The van der Waals surface area contributed by atoms with E-state index in [1.54, 1.807) is 0 Å². The van der Waals surface area contributed by atoms with Gasteiger partial charge in [-0.2, -0.15) is 4.68 Å². The molecule has 0 amide bonds. The molecule has 0 radical (unpaired) electrons. The third-order valence-corrected chi connectivity index (χ3v) is 4.54. The summed E-state index contributed by atoms with van der Waals surface area (Å²) < 4.78 is 24.3. The van der Waals surface area contributed by atoms with E-state index in [0.717, 1.165) is 25.7 Å². The maximum absolute atomic E-state index is 11.4. The van der Waals surface area contributed by atoms with Gasteiger partial charge in [0, 0.05) is 0 Å². The Morgan fingerprint density at radius 1 is 1.47 bits per heavy atom. The Balaban J connectivity index is 2.43. The predicted octanol–water partition coefficient (Wildman–Crippen LogP) is 0.937. The Labute approximate surface area is 110 Å². The van der Waals surface area contributed by atoms with Crippen LogP contribution in [0.5, 0.6) is 0 Å². The first-order chi connectivity index (χ1) is 8.80. The highest BCUT2D eigenvalue weighted by Crippen LogP contribution is 2.30. The molecule has 2 N–H and O–H groups in total. The van der Waals surface area contributed by atoms with Gasteiger partial charge in [-0.1, -0.05) is 12.8 Å². The number of primary sulfonamides is 1. The Morgan fingerprint density at radius 3 is 2.47 bits per heavy atom. The minimum atomic E-state index is -4.15. The van der Waals surface area contributed by atoms with Gasteiger partial charge in [-0.15, -0.1) is 0 Å². The number of nitrogens with two attached hydrogens (primary N) is 1. The Morgan fingerprint density at radius 2 is 2.05 bits per heavy atom. The van der Waals surface area contributed by atoms with E-state index in [4.69, 9.17) is 5.14 Å². The Hall–Kier alpha value is -1.48. The standard InChI is InChI=1S/C10H16N4O4S/c1-7-9(19(11,17)18)10(14(15)16)12-13(7)6-8-4-2-3-5-8/h8H,2-6H2,1H3,(H2,11,17,18). The van der Waals surface area contributed by atoms with Crippen molar-refractivity contribution in [3.63, 3.8) is 0 Å². The van der Waals surface area contributed by atoms with Crippen LogP contribution in [0.1, 0.15) is 31.4 Å². The van der Waals surface area contributed by atoms with Crippen molar-refractivity contribution in [1.29, 1.82) is 0 Å². The van der Waals surface area contributed by atoms with Gasteiger partial charge >= 0.3 is 5.82 Å². The number of hydrogen-bond donors (Lipinski definition) is 1. The van der Waals surface area contributed by atoms with Crippen molar-refractivity contribution in [1.82, 2.24) is 9.78 Å². The fourth-order valence-corrected chi connectivity index (χ4v) is 3.47. The van der Waals surface area contributed by atoms with Crippen LogP contribution < -0.4 is 5.14 Å². The molecule has 0 aliphatic heterocycles. The lowest BCUT2D eigenvalue weighted by Gasteiger charge is -2.07. The van der Waals surface area contributed by atoms with Crippen molar-refractivity contribution in [3.05, 3.63) is 15.8 Å². The molecule has 0 atom stereocenters. The predicted molar refractivity (Wildman–Crippen MR) is 66.9 cm³/mol. The average Bonchev–Trinajstić information content (AvgIpc) is 2.87. The molecule has 1 aliphatic carbocycles. The van der Waals surface area contributed by atoms with Crippen LogP contribution in [0.15, 0.2) is 4.90 Å². The summed E-state index contributed by atoms with van der Waals surface area (Å²) in [5.74, 6) is -0.287. The van der Waals surface area contributed by atoms with Crippen LogP contribution in [0.3, 0.4) is 0 Å². The maximum atomic E-state index is 11.4. The van der Waals surface area contributed by atoms with E-state index in [1.165, 1.54) is 11.6 Å². The number of sulfonamides is 1. The van der Waals surface area contributed by atoms with Gasteiger partial charge in [0.15, 0.2) is 0 Å². The number of nitrogens with zero attached hydrogens (tertiary/aromatic N) is 3. The Bertz CT molecular complexity index is 601. The lowest BCUT2D eigenvalue weighted by Crippen LogP contribution is -2.15. The van der Waals surface area contributed by atoms with Crippen molar-refractivity contribution >= 4 is 15.8 Å². The van der Waals surface area contributed by atoms with Gasteiger partial charge in [0.2, 0.25) is 14.9 Å². The molecule has 1 aromatic heterocycles. The molecule has 1 aliphatic rings. The van der Waals surface area contributed by atoms with Gasteiger partial charge < -0.3 is 10.1 Å². The largest absolute Gasteiger partial charge is 0.410 e. The SMILES string of the molecule is Cc1c(S(N)(=O)=O)c([N+](=O)[O-])nn1CC1CCCC1. The topological polar surface area (TPSA) is 121 Å². The molecule has 8 nitrogen and oxygen atoms in total. The van der Waals surface area contributed by atoms with Gasteiger partial charge in [0.05, 0.1) is 17.3 Å². The minimum absolute atomic E-state index is 0.237. The first-order valence-corrected chi connectivity index (χ1v) is 7.60. The second kappa shape index (κ2) is 4.89. The smallest absolute Gasteiger partial charge is 0.358 e. The molecule has 1 aromatic rings. The third kappa shape index (κ3) is 2.76. The molecule has 2 rings (SSSR count). The molecule has 0 spiro atoms. The number of hydrogen-bond acceptors (Lipinski definition) is 5. The molecule has 1 saturated carbocycles. The van der Waals surface area contributed by atoms with Crippen LogP contribution in [0.4, 0.5) is 5.82 Å². The summed E-state index contributed by atoms with van der Waals surface area (Å²) in [6.07, 6.45) is 4.35. The number of aromatic nitrogens is 2. The molecular formula is C10H16N4O4S. The molecule has 1 fully saturated rings. The molecule has 1 heterocycles. The minimum Gasteiger partial charge on any atom is -0.358 e. The van der Waals surface area contributed by atoms with Gasteiger partial charge in [0.1, 0.15) is 0 Å². The number of nitro groups is 1. The Kier molecular flexibility index (Phi) is 3.59. The molecule has 19 heavy (non-hydrogen) atoms. The van der Waals surface area contributed by atoms with Crippen molar-refractivity contribution in [2.24, 2.45) is 11.1 Å². The summed E-state index contributed by atoms with van der Waals surface area (Å²) in [5, 5.41) is 19.7. The molecule has 0 saturated heterocycles. The fraction of sp³-hybridized carbons (Fsp3) is 0.700. The molecule has 9 heteroatoms. The highest BCUT2D eigenvalue weighted by Gasteiger charge is 2.33. The van der Waals surface area contributed by atoms with E-state index >= 15 is 0 Å². The molecule has 0 unspecified atom stereocenters. The molecule has 106 valence electrons. The van der Waals surface area contributed by atoms with E-state index in [2.05, 4.69) is 5.10 Å². The van der Waals surface area contributed by atoms with Gasteiger partial charge in [-0.3, -0.25) is 0 Å². The van der Waals surface area contributed by atoms with Gasteiger partial charge in [-0.05, 0) is 30.6 Å². The summed E-state index contributed by atoms with van der Waals surface area (Å²) in [6, 6.07) is 0. The quantitative estimate of drug-likeness (QED) is 0.652. The average molecular weight is 288 g/mol. The normalized spacial score (nSPS) is 16.9.